The van der Waals surface area contributed by atoms with Gasteiger partial charge in [-0.2, -0.15) is 0 Å². The van der Waals surface area contributed by atoms with Crippen LogP contribution in [-0.4, -0.2) is 37.8 Å². The monoisotopic (exact) mass is 249 g/mol. The van der Waals surface area contributed by atoms with Crippen LogP contribution in [0, 0.1) is 0 Å². The van der Waals surface area contributed by atoms with E-state index in [1.165, 1.54) is 0 Å². The highest BCUT2D eigenvalue weighted by Crippen LogP contribution is 2.13. The van der Waals surface area contributed by atoms with E-state index in [2.05, 4.69) is 35.3 Å². The molecule has 1 aliphatic rings. The fourth-order valence-corrected chi connectivity index (χ4v) is 2.11. The molecule has 0 unspecified atom stereocenters. The molecule has 1 saturated heterocycles. The molecule has 1 N–H and O–H groups in total. The van der Waals surface area contributed by atoms with Crippen LogP contribution in [0.5, 0.6) is 0 Å². The van der Waals surface area contributed by atoms with Crippen LogP contribution in [0.2, 0.25) is 0 Å². The van der Waals surface area contributed by atoms with E-state index in [1.54, 1.807) is 0 Å². The molecule has 0 atom stereocenters. The molecule has 0 spiro atoms. The summed E-state index contributed by atoms with van der Waals surface area (Å²) in [5.41, 5.74) is 1.12. The first-order valence-electron chi connectivity index (χ1n) is 6.89. The summed E-state index contributed by atoms with van der Waals surface area (Å²) in [5.74, 6) is 1.08. The van der Waals surface area contributed by atoms with Crippen LogP contribution >= 0.6 is 0 Å². The maximum absolute atomic E-state index is 5.47. The van der Waals surface area contributed by atoms with Crippen molar-refractivity contribution in [2.24, 2.45) is 0 Å². The summed E-state index contributed by atoms with van der Waals surface area (Å²) in [6.07, 6.45) is 2.24. The van der Waals surface area contributed by atoms with Gasteiger partial charge in [0.2, 0.25) is 0 Å². The maximum atomic E-state index is 5.47. The van der Waals surface area contributed by atoms with Gasteiger partial charge >= 0.3 is 0 Å². The van der Waals surface area contributed by atoms with Gasteiger partial charge in [0.25, 0.3) is 0 Å². The highest BCUT2D eigenvalue weighted by atomic mass is 16.5. The molecule has 1 aromatic rings. The van der Waals surface area contributed by atoms with Crippen LogP contribution in [0.4, 0.5) is 5.82 Å². The van der Waals surface area contributed by atoms with E-state index in [9.17, 15) is 0 Å². The second-order valence-corrected chi connectivity index (χ2v) is 4.62. The normalized spacial score (nSPS) is 16.6. The van der Waals surface area contributed by atoms with Crippen molar-refractivity contribution in [2.75, 3.05) is 37.7 Å². The number of hydrogen-bond donors (Lipinski definition) is 1. The quantitative estimate of drug-likeness (QED) is 0.808. The Morgan fingerprint density at radius 3 is 3.17 bits per heavy atom. The number of ether oxygens (including phenoxy) is 1. The Morgan fingerprint density at radius 1 is 1.33 bits per heavy atom. The lowest BCUT2D eigenvalue weighted by Crippen LogP contribution is -2.27. The number of rotatable bonds is 5. The average Bonchev–Trinajstić information content (AvgIpc) is 2.68. The van der Waals surface area contributed by atoms with Crippen LogP contribution in [0.1, 0.15) is 25.5 Å². The molecule has 4 nitrogen and oxygen atoms in total. The van der Waals surface area contributed by atoms with Gasteiger partial charge in [0.15, 0.2) is 0 Å². The van der Waals surface area contributed by atoms with Crippen LogP contribution < -0.4 is 10.2 Å². The first-order valence-corrected chi connectivity index (χ1v) is 6.89. The Kier molecular flexibility index (Phi) is 5.42. The minimum atomic E-state index is 0.806. The van der Waals surface area contributed by atoms with Crippen molar-refractivity contribution in [3.05, 3.63) is 23.9 Å². The SMILES string of the molecule is CCCNCc1cccc(N2CCCOCC2)n1. The fraction of sp³-hybridized carbons (Fsp3) is 0.643. The van der Waals surface area contributed by atoms with Crippen molar-refractivity contribution in [1.82, 2.24) is 10.3 Å². The van der Waals surface area contributed by atoms with E-state index in [0.29, 0.717) is 0 Å². The van der Waals surface area contributed by atoms with Crippen molar-refractivity contribution >= 4 is 5.82 Å². The maximum Gasteiger partial charge on any atom is 0.128 e. The topological polar surface area (TPSA) is 37.4 Å². The van der Waals surface area contributed by atoms with Gasteiger partial charge < -0.3 is 15.0 Å². The molecule has 18 heavy (non-hydrogen) atoms. The fourth-order valence-electron chi connectivity index (χ4n) is 2.11. The van der Waals surface area contributed by atoms with Crippen molar-refractivity contribution in [3.63, 3.8) is 0 Å². The van der Waals surface area contributed by atoms with E-state index >= 15 is 0 Å². The van der Waals surface area contributed by atoms with E-state index in [-0.39, 0.29) is 0 Å². The van der Waals surface area contributed by atoms with Crippen molar-refractivity contribution in [1.29, 1.82) is 0 Å². The summed E-state index contributed by atoms with van der Waals surface area (Å²) in [4.78, 5) is 7.03. The minimum Gasteiger partial charge on any atom is -0.380 e. The van der Waals surface area contributed by atoms with Crippen molar-refractivity contribution < 1.29 is 4.74 Å². The number of nitrogens with zero attached hydrogens (tertiary/aromatic N) is 2. The average molecular weight is 249 g/mol. The smallest absolute Gasteiger partial charge is 0.128 e. The lowest BCUT2D eigenvalue weighted by Gasteiger charge is -2.21. The number of nitrogens with one attached hydrogen (secondary N) is 1. The van der Waals surface area contributed by atoms with Gasteiger partial charge in [-0.25, -0.2) is 4.98 Å². The van der Waals surface area contributed by atoms with Gasteiger partial charge in [0, 0.05) is 26.2 Å². The third-order valence-electron chi connectivity index (χ3n) is 3.07. The molecule has 0 bridgehead atoms. The molecule has 100 valence electrons. The summed E-state index contributed by atoms with van der Waals surface area (Å²) in [5, 5.41) is 3.39. The summed E-state index contributed by atoms with van der Waals surface area (Å²) in [6, 6.07) is 6.27. The van der Waals surface area contributed by atoms with Crippen LogP contribution in [0.3, 0.4) is 0 Å². The molecule has 2 heterocycles. The summed E-state index contributed by atoms with van der Waals surface area (Å²) in [6.45, 7) is 7.73. The molecule has 1 aliphatic heterocycles. The zero-order valence-electron chi connectivity index (χ0n) is 11.2. The first kappa shape index (κ1) is 13.3. The van der Waals surface area contributed by atoms with Gasteiger partial charge in [0.05, 0.1) is 12.3 Å². The second-order valence-electron chi connectivity index (χ2n) is 4.62. The molecule has 0 aromatic carbocycles. The first-order chi connectivity index (χ1) is 8.90. The number of aromatic nitrogens is 1. The Balaban J connectivity index is 1.96. The predicted octanol–water partition coefficient (Wildman–Crippen LogP) is 1.81. The van der Waals surface area contributed by atoms with Gasteiger partial charge in [-0.15, -0.1) is 0 Å². The predicted molar refractivity (Wildman–Crippen MR) is 73.9 cm³/mol. The van der Waals surface area contributed by atoms with E-state index in [1.807, 2.05) is 0 Å². The van der Waals surface area contributed by atoms with E-state index in [0.717, 1.165) is 63.7 Å². The summed E-state index contributed by atoms with van der Waals surface area (Å²) in [7, 11) is 0. The largest absolute Gasteiger partial charge is 0.380 e. The summed E-state index contributed by atoms with van der Waals surface area (Å²) < 4.78 is 5.47. The molecular weight excluding hydrogens is 226 g/mol. The third-order valence-corrected chi connectivity index (χ3v) is 3.07. The number of anilines is 1. The summed E-state index contributed by atoms with van der Waals surface area (Å²) >= 11 is 0. The molecule has 0 radical (unpaired) electrons. The lowest BCUT2D eigenvalue weighted by molar-refractivity contribution is 0.152. The molecule has 0 saturated carbocycles. The molecular formula is C14H23N3O. The third kappa shape index (κ3) is 3.96. The Bertz CT molecular complexity index is 349. The lowest BCUT2D eigenvalue weighted by atomic mass is 10.3. The number of pyridine rings is 1. The highest BCUT2D eigenvalue weighted by Gasteiger charge is 2.11. The number of hydrogen-bond acceptors (Lipinski definition) is 4. The molecule has 0 amide bonds. The van der Waals surface area contributed by atoms with Gasteiger partial charge in [-0.05, 0) is 31.5 Å². The zero-order valence-corrected chi connectivity index (χ0v) is 11.2. The Hall–Kier alpha value is -1.13. The molecule has 1 fully saturated rings. The zero-order chi connectivity index (χ0) is 12.6. The van der Waals surface area contributed by atoms with Gasteiger partial charge in [-0.3, -0.25) is 0 Å². The van der Waals surface area contributed by atoms with Gasteiger partial charge in [-0.1, -0.05) is 13.0 Å². The molecule has 0 aliphatic carbocycles. The highest BCUT2D eigenvalue weighted by molar-refractivity contribution is 5.39. The van der Waals surface area contributed by atoms with Gasteiger partial charge in [0.1, 0.15) is 5.82 Å². The second kappa shape index (κ2) is 7.34. The standard InChI is InChI=1S/C14H23N3O/c1-2-7-15-12-13-5-3-6-14(16-13)17-8-4-10-18-11-9-17/h3,5-6,15H,2,4,7-12H2,1H3. The van der Waals surface area contributed by atoms with Crippen LogP contribution in [0.15, 0.2) is 18.2 Å². The Labute approximate surface area is 109 Å². The van der Waals surface area contributed by atoms with Crippen LogP contribution in [-0.2, 0) is 11.3 Å². The van der Waals surface area contributed by atoms with Crippen molar-refractivity contribution in [3.8, 4) is 0 Å². The van der Waals surface area contributed by atoms with E-state index < -0.39 is 0 Å². The molecule has 2 rings (SSSR count). The molecule has 4 heteroatoms. The molecule has 1 aromatic heterocycles. The van der Waals surface area contributed by atoms with E-state index in [4.69, 9.17) is 9.72 Å². The van der Waals surface area contributed by atoms with Crippen molar-refractivity contribution in [2.45, 2.75) is 26.3 Å². The Morgan fingerprint density at radius 2 is 2.28 bits per heavy atom. The van der Waals surface area contributed by atoms with Crippen LogP contribution in [0.25, 0.3) is 0 Å². The minimum absolute atomic E-state index is 0.806.